The van der Waals surface area contributed by atoms with Crippen LogP contribution in [0.1, 0.15) is 52.4 Å². The highest BCUT2D eigenvalue weighted by atomic mass is 16.5. The summed E-state index contributed by atoms with van der Waals surface area (Å²) in [5.41, 5.74) is 5.60. The third-order valence-corrected chi connectivity index (χ3v) is 5.01. The first kappa shape index (κ1) is 16.2. The summed E-state index contributed by atoms with van der Waals surface area (Å²) in [7, 11) is 0. The fourth-order valence-corrected chi connectivity index (χ4v) is 3.40. The minimum absolute atomic E-state index is 0.0946. The van der Waals surface area contributed by atoms with Crippen LogP contribution < -0.4 is 5.73 Å². The SMILES string of the molecule is CCC1(C)CC(N2CCC(OCCCN)CC2)CCO1. The first-order valence-corrected chi connectivity index (χ1v) is 8.36. The molecule has 0 spiro atoms. The molecule has 2 saturated heterocycles. The quantitative estimate of drug-likeness (QED) is 0.759. The molecule has 2 aliphatic heterocycles. The number of likely N-dealkylation sites (tertiary alicyclic amines) is 1. The van der Waals surface area contributed by atoms with Crippen LogP contribution in [0, 0.1) is 0 Å². The van der Waals surface area contributed by atoms with E-state index < -0.39 is 0 Å². The van der Waals surface area contributed by atoms with E-state index in [0.29, 0.717) is 12.1 Å². The maximum Gasteiger partial charge on any atom is 0.0666 e. The summed E-state index contributed by atoms with van der Waals surface area (Å²) in [6.45, 7) is 9.34. The van der Waals surface area contributed by atoms with Gasteiger partial charge in [0.2, 0.25) is 0 Å². The average Bonchev–Trinajstić information content (AvgIpc) is 2.48. The molecule has 0 amide bonds. The predicted molar refractivity (Wildman–Crippen MR) is 81.9 cm³/mol. The first-order valence-electron chi connectivity index (χ1n) is 8.36. The minimum atomic E-state index is 0.0946. The fraction of sp³-hybridized carbons (Fsp3) is 1.00. The molecule has 0 aromatic rings. The zero-order valence-corrected chi connectivity index (χ0v) is 13.3. The normalized spacial score (nSPS) is 33.5. The van der Waals surface area contributed by atoms with E-state index in [9.17, 15) is 0 Å². The number of ether oxygens (including phenoxy) is 2. The molecule has 0 radical (unpaired) electrons. The van der Waals surface area contributed by atoms with E-state index in [2.05, 4.69) is 18.7 Å². The van der Waals surface area contributed by atoms with Gasteiger partial charge in [0, 0.05) is 32.3 Å². The maximum absolute atomic E-state index is 5.96. The zero-order valence-electron chi connectivity index (χ0n) is 13.3. The summed E-state index contributed by atoms with van der Waals surface area (Å²) in [5.74, 6) is 0. The van der Waals surface area contributed by atoms with Gasteiger partial charge in [0.15, 0.2) is 0 Å². The van der Waals surface area contributed by atoms with Crippen LogP contribution in [0.2, 0.25) is 0 Å². The fourth-order valence-electron chi connectivity index (χ4n) is 3.40. The van der Waals surface area contributed by atoms with Gasteiger partial charge in [0.1, 0.15) is 0 Å². The lowest BCUT2D eigenvalue weighted by molar-refractivity contribution is -0.104. The van der Waals surface area contributed by atoms with Crippen LogP contribution in [0.5, 0.6) is 0 Å². The Labute approximate surface area is 124 Å². The summed E-state index contributed by atoms with van der Waals surface area (Å²) in [5, 5.41) is 0. The lowest BCUT2D eigenvalue weighted by Gasteiger charge is -2.44. The number of rotatable bonds is 6. The molecule has 2 fully saturated rings. The lowest BCUT2D eigenvalue weighted by Crippen LogP contribution is -2.50. The van der Waals surface area contributed by atoms with Crippen LogP contribution in [0.15, 0.2) is 0 Å². The van der Waals surface area contributed by atoms with E-state index in [1.807, 2.05) is 0 Å². The summed E-state index contributed by atoms with van der Waals surface area (Å²) in [6.07, 6.45) is 7.26. The van der Waals surface area contributed by atoms with E-state index in [1.54, 1.807) is 0 Å². The molecule has 2 atom stereocenters. The smallest absolute Gasteiger partial charge is 0.0666 e. The van der Waals surface area contributed by atoms with Crippen molar-refractivity contribution in [3.63, 3.8) is 0 Å². The molecule has 0 saturated carbocycles. The molecular weight excluding hydrogens is 252 g/mol. The average molecular weight is 284 g/mol. The van der Waals surface area contributed by atoms with Gasteiger partial charge in [-0.2, -0.15) is 0 Å². The first-order chi connectivity index (χ1) is 9.67. The molecule has 2 N–H and O–H groups in total. The van der Waals surface area contributed by atoms with Gasteiger partial charge >= 0.3 is 0 Å². The van der Waals surface area contributed by atoms with Gasteiger partial charge in [-0.3, -0.25) is 4.90 Å². The second-order valence-corrected chi connectivity index (χ2v) is 6.55. The summed E-state index contributed by atoms with van der Waals surface area (Å²) in [4.78, 5) is 2.67. The van der Waals surface area contributed by atoms with E-state index in [4.69, 9.17) is 15.2 Å². The van der Waals surface area contributed by atoms with Crippen molar-refractivity contribution in [3.05, 3.63) is 0 Å². The predicted octanol–water partition coefficient (Wildman–Crippen LogP) is 2.16. The lowest BCUT2D eigenvalue weighted by atomic mass is 9.88. The van der Waals surface area contributed by atoms with Crippen molar-refractivity contribution in [2.75, 3.05) is 32.8 Å². The summed E-state index contributed by atoms with van der Waals surface area (Å²) < 4.78 is 11.8. The van der Waals surface area contributed by atoms with E-state index in [1.165, 1.54) is 38.8 Å². The van der Waals surface area contributed by atoms with Crippen molar-refractivity contribution in [2.45, 2.75) is 70.1 Å². The molecular formula is C16H32N2O2. The highest BCUT2D eigenvalue weighted by Crippen LogP contribution is 2.31. The molecule has 20 heavy (non-hydrogen) atoms. The number of hydrogen-bond donors (Lipinski definition) is 1. The van der Waals surface area contributed by atoms with Crippen molar-refractivity contribution in [1.82, 2.24) is 4.90 Å². The van der Waals surface area contributed by atoms with Crippen molar-refractivity contribution in [3.8, 4) is 0 Å². The largest absolute Gasteiger partial charge is 0.378 e. The molecule has 0 bridgehead atoms. The molecule has 0 aromatic heterocycles. The molecule has 2 aliphatic rings. The third kappa shape index (κ3) is 4.42. The van der Waals surface area contributed by atoms with Crippen LogP contribution in [-0.2, 0) is 9.47 Å². The number of nitrogens with zero attached hydrogens (tertiary/aromatic N) is 1. The summed E-state index contributed by atoms with van der Waals surface area (Å²) >= 11 is 0. The Kier molecular flexibility index (Phi) is 6.27. The second kappa shape index (κ2) is 7.74. The Bertz CT molecular complexity index is 280. The molecule has 4 nitrogen and oxygen atoms in total. The van der Waals surface area contributed by atoms with Crippen molar-refractivity contribution in [1.29, 1.82) is 0 Å². The number of piperidine rings is 1. The van der Waals surface area contributed by atoms with Gasteiger partial charge < -0.3 is 15.2 Å². The Morgan fingerprint density at radius 3 is 2.70 bits per heavy atom. The highest BCUT2D eigenvalue weighted by molar-refractivity contribution is 4.88. The van der Waals surface area contributed by atoms with Gasteiger partial charge in [0.25, 0.3) is 0 Å². The van der Waals surface area contributed by atoms with Crippen molar-refractivity contribution < 1.29 is 9.47 Å². The summed E-state index contributed by atoms with van der Waals surface area (Å²) in [6, 6.07) is 0.707. The highest BCUT2D eigenvalue weighted by Gasteiger charge is 2.35. The third-order valence-electron chi connectivity index (χ3n) is 5.01. The standard InChI is InChI=1S/C16H32N2O2/c1-3-16(2)13-14(7-12-20-16)18-9-5-15(6-10-18)19-11-4-8-17/h14-15H,3-13,17H2,1-2H3. The molecule has 2 unspecified atom stereocenters. The molecule has 0 aliphatic carbocycles. The Morgan fingerprint density at radius 2 is 2.05 bits per heavy atom. The van der Waals surface area contributed by atoms with Crippen LogP contribution in [-0.4, -0.2) is 55.5 Å². The Balaban J connectivity index is 1.73. The van der Waals surface area contributed by atoms with Crippen LogP contribution >= 0.6 is 0 Å². The van der Waals surface area contributed by atoms with Crippen molar-refractivity contribution >= 4 is 0 Å². The van der Waals surface area contributed by atoms with Crippen LogP contribution in [0.25, 0.3) is 0 Å². The topological polar surface area (TPSA) is 47.7 Å². The van der Waals surface area contributed by atoms with Gasteiger partial charge in [-0.25, -0.2) is 0 Å². The van der Waals surface area contributed by atoms with Gasteiger partial charge in [-0.05, 0) is 52.0 Å². The molecule has 4 heteroatoms. The Morgan fingerprint density at radius 1 is 1.30 bits per heavy atom. The van der Waals surface area contributed by atoms with Gasteiger partial charge in [-0.1, -0.05) is 6.92 Å². The number of nitrogens with two attached hydrogens (primary N) is 1. The zero-order chi connectivity index (χ0) is 14.4. The Hall–Kier alpha value is -0.160. The molecule has 0 aromatic carbocycles. The van der Waals surface area contributed by atoms with Gasteiger partial charge in [0.05, 0.1) is 11.7 Å². The maximum atomic E-state index is 5.96. The van der Waals surface area contributed by atoms with Crippen molar-refractivity contribution in [2.24, 2.45) is 5.73 Å². The number of hydrogen-bond acceptors (Lipinski definition) is 4. The van der Waals surface area contributed by atoms with Crippen LogP contribution in [0.4, 0.5) is 0 Å². The van der Waals surface area contributed by atoms with Crippen LogP contribution in [0.3, 0.4) is 0 Å². The minimum Gasteiger partial charge on any atom is -0.378 e. The van der Waals surface area contributed by atoms with E-state index in [-0.39, 0.29) is 5.60 Å². The second-order valence-electron chi connectivity index (χ2n) is 6.55. The molecule has 2 rings (SSSR count). The van der Waals surface area contributed by atoms with Gasteiger partial charge in [-0.15, -0.1) is 0 Å². The monoisotopic (exact) mass is 284 g/mol. The molecule has 118 valence electrons. The van der Waals surface area contributed by atoms with E-state index in [0.717, 1.165) is 32.6 Å². The van der Waals surface area contributed by atoms with E-state index >= 15 is 0 Å². The molecule has 2 heterocycles.